The average Bonchev–Trinajstić information content (AvgIpc) is 3.46. The van der Waals surface area contributed by atoms with Gasteiger partial charge in [0.1, 0.15) is 17.5 Å². The Morgan fingerprint density at radius 2 is 1.83 bits per heavy atom. The number of nitriles is 1. The lowest BCUT2D eigenvalue weighted by Crippen LogP contribution is -1.96. The van der Waals surface area contributed by atoms with E-state index in [0.717, 1.165) is 44.9 Å². The van der Waals surface area contributed by atoms with Crippen molar-refractivity contribution in [1.29, 1.82) is 5.26 Å². The number of aryl methyl sites for hydroxylation is 2. The Bertz CT molecular complexity index is 1580. The summed E-state index contributed by atoms with van der Waals surface area (Å²) in [7, 11) is 1.93. The van der Waals surface area contributed by atoms with E-state index >= 15 is 0 Å². The molecule has 172 valence electrons. The van der Waals surface area contributed by atoms with Gasteiger partial charge in [-0.15, -0.1) is 0 Å². The summed E-state index contributed by atoms with van der Waals surface area (Å²) in [6.45, 7) is 4.61. The van der Waals surface area contributed by atoms with Crippen LogP contribution in [0.5, 0.6) is 5.75 Å². The molecule has 0 unspecified atom stereocenters. The smallest absolute Gasteiger partial charge is 0.151 e. The number of benzene rings is 3. The summed E-state index contributed by atoms with van der Waals surface area (Å²) >= 11 is 0. The van der Waals surface area contributed by atoms with E-state index in [9.17, 15) is 5.26 Å². The second-order valence-corrected chi connectivity index (χ2v) is 8.28. The van der Waals surface area contributed by atoms with E-state index in [1.54, 1.807) is 0 Å². The topological polar surface area (TPSA) is 68.7 Å². The number of hydrogen-bond donors (Lipinski definition) is 0. The van der Waals surface area contributed by atoms with Crippen LogP contribution >= 0.6 is 0 Å². The summed E-state index contributed by atoms with van der Waals surface area (Å²) in [5.74, 6) is 1.48. The van der Waals surface area contributed by atoms with E-state index in [1.807, 2.05) is 109 Å². The van der Waals surface area contributed by atoms with Crippen LogP contribution < -0.4 is 4.74 Å². The van der Waals surface area contributed by atoms with Crippen molar-refractivity contribution in [2.45, 2.75) is 13.8 Å². The number of hydrogen-bond acceptors (Lipinski definition) is 4. The first-order chi connectivity index (χ1) is 17.1. The highest BCUT2D eigenvalue weighted by Gasteiger charge is 2.17. The summed E-state index contributed by atoms with van der Waals surface area (Å²) < 4.78 is 9.52. The normalized spacial score (nSPS) is 11.5. The summed E-state index contributed by atoms with van der Waals surface area (Å²) in [5.41, 5.74) is 6.85. The first-order valence-electron chi connectivity index (χ1n) is 11.5. The van der Waals surface area contributed by atoms with Gasteiger partial charge in [0.15, 0.2) is 5.82 Å². The zero-order valence-corrected chi connectivity index (χ0v) is 19.9. The Labute approximate surface area is 204 Å². The van der Waals surface area contributed by atoms with Crippen LogP contribution in [0.25, 0.3) is 39.6 Å². The number of rotatable bonds is 6. The molecule has 0 aliphatic rings. The number of imidazole rings is 1. The molecule has 0 saturated heterocycles. The molecule has 35 heavy (non-hydrogen) atoms. The van der Waals surface area contributed by atoms with Crippen LogP contribution in [0, 0.1) is 18.3 Å². The molecule has 6 nitrogen and oxygen atoms in total. The quantitative estimate of drug-likeness (QED) is 0.284. The maximum atomic E-state index is 10.1. The van der Waals surface area contributed by atoms with Crippen LogP contribution in [0.1, 0.15) is 23.9 Å². The molecule has 2 heterocycles. The average molecular weight is 460 g/mol. The van der Waals surface area contributed by atoms with Crippen molar-refractivity contribution >= 4 is 22.7 Å². The van der Waals surface area contributed by atoms with E-state index in [0.29, 0.717) is 18.0 Å². The zero-order valence-electron chi connectivity index (χ0n) is 19.9. The molecule has 0 bridgehead atoms. The molecular formula is C29H25N5O. The minimum atomic E-state index is 0.472. The Kier molecular flexibility index (Phi) is 5.90. The van der Waals surface area contributed by atoms with Crippen LogP contribution in [0.3, 0.4) is 0 Å². The Balaban J connectivity index is 1.67. The van der Waals surface area contributed by atoms with Crippen molar-refractivity contribution in [3.8, 4) is 28.8 Å². The Morgan fingerprint density at radius 1 is 1.06 bits per heavy atom. The fraction of sp³-hybridized carbons (Fsp3) is 0.138. The largest absolute Gasteiger partial charge is 0.494 e. The number of fused-ring (bicyclic) bond motifs is 1. The molecule has 5 aromatic rings. The van der Waals surface area contributed by atoms with Crippen molar-refractivity contribution in [1.82, 2.24) is 19.3 Å². The predicted octanol–water partition coefficient (Wildman–Crippen LogP) is 6.20. The van der Waals surface area contributed by atoms with Crippen molar-refractivity contribution in [2.24, 2.45) is 7.05 Å². The number of para-hydroxylation sites is 3. The van der Waals surface area contributed by atoms with E-state index in [1.165, 1.54) is 0 Å². The molecular weight excluding hydrogens is 434 g/mol. The summed E-state index contributed by atoms with van der Waals surface area (Å²) in [4.78, 5) is 4.72. The third-order valence-electron chi connectivity index (χ3n) is 5.96. The molecule has 2 aromatic heterocycles. The van der Waals surface area contributed by atoms with Gasteiger partial charge in [-0.25, -0.2) is 9.67 Å². The highest BCUT2D eigenvalue weighted by molar-refractivity contribution is 5.93. The van der Waals surface area contributed by atoms with Crippen molar-refractivity contribution < 1.29 is 4.74 Å². The first-order valence-corrected chi connectivity index (χ1v) is 11.5. The molecule has 0 aliphatic heterocycles. The van der Waals surface area contributed by atoms with Gasteiger partial charge in [0.2, 0.25) is 0 Å². The molecule has 6 heteroatoms. The van der Waals surface area contributed by atoms with Gasteiger partial charge in [0.25, 0.3) is 0 Å². The maximum Gasteiger partial charge on any atom is 0.151 e. The third-order valence-corrected chi connectivity index (χ3v) is 5.96. The SMILES string of the molecule is CCOc1ccc(-c2nn(-c3ccccc3)cc2C=C(C#N)c2nc3ccccc3n2C)cc1C. The van der Waals surface area contributed by atoms with Gasteiger partial charge in [-0.3, -0.25) is 0 Å². The van der Waals surface area contributed by atoms with Crippen LogP contribution in [0.4, 0.5) is 0 Å². The molecule has 0 amide bonds. The Morgan fingerprint density at radius 3 is 2.54 bits per heavy atom. The van der Waals surface area contributed by atoms with E-state index < -0.39 is 0 Å². The van der Waals surface area contributed by atoms with E-state index in [4.69, 9.17) is 14.8 Å². The summed E-state index contributed by atoms with van der Waals surface area (Å²) in [5, 5.41) is 15.0. The fourth-order valence-electron chi connectivity index (χ4n) is 4.23. The molecule has 3 aromatic carbocycles. The standard InChI is InChI=1S/C29H25N5O/c1-4-35-27-15-14-21(16-20(27)2)28-23(19-34(32-28)24-10-6-5-7-11-24)17-22(18-30)29-31-25-12-8-9-13-26(25)33(29)3/h5-17,19H,4H2,1-3H3. The second kappa shape index (κ2) is 9.32. The lowest BCUT2D eigenvalue weighted by Gasteiger charge is -2.08. The molecule has 0 spiro atoms. The fourth-order valence-corrected chi connectivity index (χ4v) is 4.23. The monoisotopic (exact) mass is 459 g/mol. The molecule has 0 aliphatic carbocycles. The predicted molar refractivity (Wildman–Crippen MR) is 139 cm³/mol. The van der Waals surface area contributed by atoms with Crippen molar-refractivity contribution in [2.75, 3.05) is 6.61 Å². The molecule has 0 fully saturated rings. The highest BCUT2D eigenvalue weighted by Crippen LogP contribution is 2.31. The van der Waals surface area contributed by atoms with Crippen LogP contribution in [0.2, 0.25) is 0 Å². The van der Waals surface area contributed by atoms with Crippen molar-refractivity contribution in [3.63, 3.8) is 0 Å². The third kappa shape index (κ3) is 4.20. The van der Waals surface area contributed by atoms with Gasteiger partial charge < -0.3 is 9.30 Å². The molecule has 0 saturated carbocycles. The van der Waals surface area contributed by atoms with Gasteiger partial charge in [-0.2, -0.15) is 10.4 Å². The summed E-state index contributed by atoms with van der Waals surface area (Å²) in [6.07, 6.45) is 3.82. The van der Waals surface area contributed by atoms with Gasteiger partial charge in [-0.1, -0.05) is 30.3 Å². The Hall–Kier alpha value is -4.63. The molecule has 0 atom stereocenters. The van der Waals surface area contributed by atoms with Gasteiger partial charge in [0.05, 0.1) is 28.9 Å². The summed E-state index contributed by atoms with van der Waals surface area (Å²) in [6, 6.07) is 26.2. The van der Waals surface area contributed by atoms with Gasteiger partial charge in [0, 0.05) is 24.4 Å². The minimum Gasteiger partial charge on any atom is -0.494 e. The zero-order chi connectivity index (χ0) is 24.4. The first kappa shape index (κ1) is 22.2. The molecule has 0 N–H and O–H groups in total. The van der Waals surface area contributed by atoms with E-state index in [-0.39, 0.29) is 0 Å². The van der Waals surface area contributed by atoms with Crippen LogP contribution in [-0.2, 0) is 7.05 Å². The molecule has 0 radical (unpaired) electrons. The lowest BCUT2D eigenvalue weighted by atomic mass is 10.0. The van der Waals surface area contributed by atoms with Crippen LogP contribution in [-0.4, -0.2) is 25.9 Å². The van der Waals surface area contributed by atoms with Gasteiger partial charge in [-0.05, 0) is 68.0 Å². The van der Waals surface area contributed by atoms with Gasteiger partial charge >= 0.3 is 0 Å². The number of ether oxygens (including phenoxy) is 1. The van der Waals surface area contributed by atoms with Crippen LogP contribution in [0.15, 0.2) is 79.0 Å². The number of allylic oxidation sites excluding steroid dienone is 1. The molecule has 5 rings (SSSR count). The highest BCUT2D eigenvalue weighted by atomic mass is 16.5. The minimum absolute atomic E-state index is 0.472. The second-order valence-electron chi connectivity index (χ2n) is 8.28. The van der Waals surface area contributed by atoms with Crippen molar-refractivity contribution in [3.05, 3.63) is 95.9 Å². The number of aromatic nitrogens is 4. The lowest BCUT2D eigenvalue weighted by molar-refractivity contribution is 0.338. The van der Waals surface area contributed by atoms with E-state index in [2.05, 4.69) is 12.1 Å². The number of nitrogens with zero attached hydrogens (tertiary/aromatic N) is 5. The maximum absolute atomic E-state index is 10.1.